The fourth-order valence-corrected chi connectivity index (χ4v) is 9.17. The Bertz CT molecular complexity index is 3330. The zero-order chi connectivity index (χ0) is 32.5. The second-order valence-electron chi connectivity index (χ2n) is 13.2. The fourth-order valence-electron chi connectivity index (χ4n) is 8.37. The van der Waals surface area contributed by atoms with Crippen LogP contribution in [0.3, 0.4) is 0 Å². The molecule has 0 amide bonds. The average Bonchev–Trinajstić information content (AvgIpc) is 3.93. The summed E-state index contributed by atoms with van der Waals surface area (Å²) in [6.07, 6.45) is 0. The number of thiophene rings is 1. The van der Waals surface area contributed by atoms with Gasteiger partial charge in [0.05, 0.1) is 0 Å². The summed E-state index contributed by atoms with van der Waals surface area (Å²) in [7, 11) is 0. The minimum Gasteiger partial charge on any atom is -0.456 e. The van der Waals surface area contributed by atoms with E-state index in [4.69, 9.17) is 13.3 Å². The SMILES string of the molecule is c1ccc2c(c1)oc1cc3oc4cccc(-c5c6ccccc6c(-c6ccc7c(c6)oc6cc8sccc8cc67)c6ccccc56)c4c3cc12. The summed E-state index contributed by atoms with van der Waals surface area (Å²) in [4.78, 5) is 0. The van der Waals surface area contributed by atoms with Crippen molar-refractivity contribution >= 4 is 109 Å². The quantitative estimate of drug-likeness (QED) is 0.174. The first-order chi connectivity index (χ1) is 24.8. The predicted octanol–water partition coefficient (Wildman–Crippen LogP) is 14.2. The van der Waals surface area contributed by atoms with Crippen LogP contribution in [0.4, 0.5) is 0 Å². The van der Waals surface area contributed by atoms with Crippen molar-refractivity contribution in [3.63, 3.8) is 0 Å². The molecule has 50 heavy (non-hydrogen) atoms. The Balaban J connectivity index is 1.16. The highest BCUT2D eigenvalue weighted by atomic mass is 32.1. The largest absolute Gasteiger partial charge is 0.456 e. The van der Waals surface area contributed by atoms with Gasteiger partial charge in [-0.25, -0.2) is 0 Å². The van der Waals surface area contributed by atoms with Gasteiger partial charge in [0.1, 0.15) is 33.5 Å². The number of hydrogen-bond donors (Lipinski definition) is 0. The van der Waals surface area contributed by atoms with Crippen LogP contribution in [0.5, 0.6) is 0 Å². The first-order valence-corrected chi connectivity index (χ1v) is 17.7. The van der Waals surface area contributed by atoms with Crippen molar-refractivity contribution in [2.24, 2.45) is 0 Å². The maximum atomic E-state index is 6.55. The van der Waals surface area contributed by atoms with Gasteiger partial charge in [0, 0.05) is 43.1 Å². The molecule has 4 heteroatoms. The third kappa shape index (κ3) is 3.53. The van der Waals surface area contributed by atoms with E-state index in [0.29, 0.717) is 0 Å². The molecule has 0 unspecified atom stereocenters. The second-order valence-corrected chi connectivity index (χ2v) is 14.1. The van der Waals surface area contributed by atoms with Gasteiger partial charge in [-0.15, -0.1) is 11.3 Å². The number of benzene rings is 8. The molecule has 4 aromatic heterocycles. The van der Waals surface area contributed by atoms with Gasteiger partial charge in [0.15, 0.2) is 0 Å². The zero-order valence-corrected chi connectivity index (χ0v) is 27.3. The summed E-state index contributed by atoms with van der Waals surface area (Å²) in [5.74, 6) is 0. The molecule has 0 atom stereocenters. The van der Waals surface area contributed by atoms with Crippen molar-refractivity contribution in [3.05, 3.63) is 145 Å². The number of para-hydroxylation sites is 1. The summed E-state index contributed by atoms with van der Waals surface area (Å²) >= 11 is 1.75. The molecule has 0 aliphatic carbocycles. The molecule has 0 spiro atoms. The molecular weight excluding hydrogens is 633 g/mol. The van der Waals surface area contributed by atoms with Crippen LogP contribution in [-0.4, -0.2) is 0 Å². The summed E-state index contributed by atoms with van der Waals surface area (Å²) < 4.78 is 20.6. The molecule has 12 rings (SSSR count). The lowest BCUT2D eigenvalue weighted by Gasteiger charge is -2.18. The Labute approximate surface area is 288 Å². The van der Waals surface area contributed by atoms with Crippen molar-refractivity contribution in [3.8, 4) is 22.3 Å². The minimum atomic E-state index is 0.822. The van der Waals surface area contributed by atoms with Crippen LogP contribution in [0, 0.1) is 0 Å². The van der Waals surface area contributed by atoms with E-state index in [2.05, 4.69) is 127 Å². The molecule has 3 nitrogen and oxygen atoms in total. The molecule has 0 aliphatic rings. The maximum Gasteiger partial charge on any atom is 0.139 e. The van der Waals surface area contributed by atoms with E-state index in [9.17, 15) is 0 Å². The van der Waals surface area contributed by atoms with Crippen LogP contribution in [0.15, 0.2) is 158 Å². The number of hydrogen-bond acceptors (Lipinski definition) is 4. The Kier molecular flexibility index (Phi) is 5.12. The van der Waals surface area contributed by atoms with Crippen molar-refractivity contribution < 1.29 is 13.3 Å². The van der Waals surface area contributed by atoms with Gasteiger partial charge in [-0.05, 0) is 103 Å². The van der Waals surface area contributed by atoms with Crippen LogP contribution in [0.1, 0.15) is 0 Å². The van der Waals surface area contributed by atoms with E-state index < -0.39 is 0 Å². The average molecular weight is 657 g/mol. The lowest BCUT2D eigenvalue weighted by atomic mass is 9.85. The molecule has 0 radical (unpaired) electrons. The molecule has 8 aromatic carbocycles. The highest BCUT2D eigenvalue weighted by Gasteiger charge is 2.22. The number of rotatable bonds is 2. The van der Waals surface area contributed by atoms with Crippen molar-refractivity contribution in [2.45, 2.75) is 0 Å². The van der Waals surface area contributed by atoms with E-state index in [-0.39, 0.29) is 0 Å². The molecule has 0 saturated heterocycles. The monoisotopic (exact) mass is 656 g/mol. The minimum absolute atomic E-state index is 0.822. The molecule has 232 valence electrons. The van der Waals surface area contributed by atoms with E-state index in [1.54, 1.807) is 11.3 Å². The Morgan fingerprint density at radius 2 is 0.960 bits per heavy atom. The number of fused-ring (bicyclic) bond motifs is 12. The van der Waals surface area contributed by atoms with Gasteiger partial charge in [0.25, 0.3) is 0 Å². The number of furan rings is 3. The lowest BCUT2D eigenvalue weighted by Crippen LogP contribution is -1.91. The third-order valence-electron chi connectivity index (χ3n) is 10.5. The van der Waals surface area contributed by atoms with E-state index in [1.165, 1.54) is 42.8 Å². The fraction of sp³-hybridized carbons (Fsp3) is 0. The van der Waals surface area contributed by atoms with Gasteiger partial charge in [0.2, 0.25) is 0 Å². The van der Waals surface area contributed by atoms with Crippen molar-refractivity contribution in [1.82, 2.24) is 0 Å². The lowest BCUT2D eigenvalue weighted by molar-refractivity contribution is 0.656. The van der Waals surface area contributed by atoms with Gasteiger partial charge >= 0.3 is 0 Å². The van der Waals surface area contributed by atoms with E-state index in [0.717, 1.165) is 76.9 Å². The van der Waals surface area contributed by atoms with Crippen molar-refractivity contribution in [1.29, 1.82) is 0 Å². The third-order valence-corrected chi connectivity index (χ3v) is 11.4. The van der Waals surface area contributed by atoms with E-state index >= 15 is 0 Å². The maximum absolute atomic E-state index is 6.55. The normalized spacial score (nSPS) is 12.4. The van der Waals surface area contributed by atoms with Crippen LogP contribution in [0.2, 0.25) is 0 Å². The molecule has 0 aliphatic heterocycles. The predicted molar refractivity (Wildman–Crippen MR) is 210 cm³/mol. The van der Waals surface area contributed by atoms with Crippen LogP contribution < -0.4 is 0 Å². The molecule has 0 bridgehead atoms. The first-order valence-electron chi connectivity index (χ1n) is 16.8. The van der Waals surface area contributed by atoms with Crippen molar-refractivity contribution in [2.75, 3.05) is 0 Å². The van der Waals surface area contributed by atoms with Gasteiger partial charge < -0.3 is 13.3 Å². The summed E-state index contributed by atoms with van der Waals surface area (Å²) in [6, 6.07) is 49.9. The van der Waals surface area contributed by atoms with Crippen LogP contribution in [-0.2, 0) is 0 Å². The molecular formula is C46H24O3S. The highest BCUT2D eigenvalue weighted by molar-refractivity contribution is 7.17. The van der Waals surface area contributed by atoms with Gasteiger partial charge in [-0.3, -0.25) is 0 Å². The molecule has 12 aromatic rings. The van der Waals surface area contributed by atoms with E-state index in [1.807, 2.05) is 18.2 Å². The first kappa shape index (κ1) is 26.6. The summed E-state index contributed by atoms with van der Waals surface area (Å²) in [6.45, 7) is 0. The van der Waals surface area contributed by atoms with Gasteiger partial charge in [-0.1, -0.05) is 84.9 Å². The Hall–Kier alpha value is -6.36. The summed E-state index contributed by atoms with van der Waals surface area (Å²) in [5.41, 5.74) is 9.94. The molecule has 0 N–H and O–H groups in total. The highest BCUT2D eigenvalue weighted by Crippen LogP contribution is 2.48. The topological polar surface area (TPSA) is 39.4 Å². The Morgan fingerprint density at radius 3 is 1.78 bits per heavy atom. The molecule has 4 heterocycles. The van der Waals surface area contributed by atoms with Gasteiger partial charge in [-0.2, -0.15) is 0 Å². The standard InChI is InChI=1S/C46H24O3S/c1-3-11-31-29(9-1)44(26-16-17-28-34-20-25-18-19-50-43(25)24-42(34)49-39(28)21-26)30-10-2-4-12-32(30)45(31)33-13-7-15-38-46(33)36-22-35-27-8-5-6-14-37(27)47-40(35)23-41(36)48-38/h1-24H. The van der Waals surface area contributed by atoms with Crippen LogP contribution in [0.25, 0.3) is 120 Å². The van der Waals surface area contributed by atoms with Crippen LogP contribution >= 0.6 is 11.3 Å². The Morgan fingerprint density at radius 1 is 0.360 bits per heavy atom. The summed E-state index contributed by atoms with van der Waals surface area (Å²) in [5, 5.41) is 14.9. The molecule has 0 saturated carbocycles. The molecule has 0 fully saturated rings. The second kappa shape index (κ2) is 9.63. The zero-order valence-electron chi connectivity index (χ0n) is 26.5. The smallest absolute Gasteiger partial charge is 0.139 e.